The van der Waals surface area contributed by atoms with Gasteiger partial charge in [0.25, 0.3) is 0 Å². The minimum absolute atomic E-state index is 0.121. The normalized spacial score (nSPS) is 10.8. The van der Waals surface area contributed by atoms with Gasteiger partial charge in [-0.15, -0.1) is 11.8 Å². The Kier molecular flexibility index (Phi) is 6.27. The van der Waals surface area contributed by atoms with Crippen LogP contribution in [0.5, 0.6) is 0 Å². The van der Waals surface area contributed by atoms with E-state index in [0.29, 0.717) is 0 Å². The summed E-state index contributed by atoms with van der Waals surface area (Å²) in [6, 6.07) is 13.6. The third-order valence-corrected chi connectivity index (χ3v) is 4.63. The van der Waals surface area contributed by atoms with E-state index in [-0.39, 0.29) is 5.82 Å². The average Bonchev–Trinajstić information content (AvgIpc) is 2.48. The van der Waals surface area contributed by atoms with Crippen molar-refractivity contribution in [1.29, 1.82) is 0 Å². The van der Waals surface area contributed by atoms with E-state index in [2.05, 4.69) is 31.3 Å². The van der Waals surface area contributed by atoms with Crippen LogP contribution in [0.4, 0.5) is 4.39 Å². The highest BCUT2D eigenvalue weighted by Gasteiger charge is 2.09. The fraction of sp³-hybridized carbons (Fsp3) is 0.333. The summed E-state index contributed by atoms with van der Waals surface area (Å²) in [5.74, 6) is 0.679. The van der Waals surface area contributed by atoms with E-state index < -0.39 is 0 Å². The molecule has 0 aliphatic heterocycles. The Balaban J connectivity index is 2.09. The van der Waals surface area contributed by atoms with Gasteiger partial charge >= 0.3 is 0 Å². The zero-order chi connectivity index (χ0) is 15.1. The van der Waals surface area contributed by atoms with Gasteiger partial charge in [-0.25, -0.2) is 4.39 Å². The number of hydrogen-bond acceptors (Lipinski definition) is 2. The molecule has 2 aromatic carbocycles. The molecule has 0 fully saturated rings. The highest BCUT2D eigenvalue weighted by Crippen LogP contribution is 2.30. The van der Waals surface area contributed by atoms with Gasteiger partial charge in [-0.1, -0.05) is 43.3 Å². The zero-order valence-corrected chi connectivity index (χ0v) is 13.5. The van der Waals surface area contributed by atoms with Gasteiger partial charge in [0.05, 0.1) is 0 Å². The Hall–Kier alpha value is -1.32. The zero-order valence-electron chi connectivity index (χ0n) is 12.7. The van der Waals surface area contributed by atoms with Crippen molar-refractivity contribution in [3.63, 3.8) is 0 Å². The molecule has 0 saturated carbocycles. The Morgan fingerprint density at radius 2 is 1.81 bits per heavy atom. The van der Waals surface area contributed by atoms with Gasteiger partial charge in [-0.3, -0.25) is 0 Å². The molecule has 1 N–H and O–H groups in total. The maximum atomic E-state index is 14.1. The van der Waals surface area contributed by atoms with Crippen LogP contribution in [0.1, 0.15) is 30.0 Å². The fourth-order valence-electron chi connectivity index (χ4n) is 2.18. The molecule has 0 unspecified atom stereocenters. The summed E-state index contributed by atoms with van der Waals surface area (Å²) in [5.41, 5.74) is 3.56. The maximum Gasteiger partial charge on any atom is 0.137 e. The first-order valence-electron chi connectivity index (χ1n) is 7.37. The minimum Gasteiger partial charge on any atom is -0.313 e. The molecular formula is C18H22FNS. The standard InChI is InChI=1S/C18H22FNS/c1-3-11-20-12-15-9-6-10-17(19)18(15)21-13-16-8-5-4-7-14(16)2/h4-10,20H,3,11-13H2,1-2H3. The Morgan fingerprint density at radius 1 is 1.05 bits per heavy atom. The van der Waals surface area contributed by atoms with Crippen molar-refractivity contribution in [1.82, 2.24) is 5.32 Å². The first kappa shape index (κ1) is 16.1. The van der Waals surface area contributed by atoms with Crippen molar-refractivity contribution < 1.29 is 4.39 Å². The molecule has 0 aliphatic rings. The molecule has 1 nitrogen and oxygen atoms in total. The number of aryl methyl sites for hydroxylation is 1. The molecule has 2 rings (SSSR count). The van der Waals surface area contributed by atoms with Gasteiger partial charge in [0.15, 0.2) is 0 Å². The van der Waals surface area contributed by atoms with Gasteiger partial charge in [0, 0.05) is 17.2 Å². The number of halogens is 1. The summed E-state index contributed by atoms with van der Waals surface area (Å²) in [5, 5.41) is 3.35. The first-order chi connectivity index (χ1) is 10.2. The van der Waals surface area contributed by atoms with Gasteiger partial charge in [-0.2, -0.15) is 0 Å². The van der Waals surface area contributed by atoms with Gasteiger partial charge < -0.3 is 5.32 Å². The highest BCUT2D eigenvalue weighted by molar-refractivity contribution is 7.98. The van der Waals surface area contributed by atoms with E-state index in [4.69, 9.17) is 0 Å². The maximum absolute atomic E-state index is 14.1. The van der Waals surface area contributed by atoms with E-state index in [1.807, 2.05) is 18.2 Å². The van der Waals surface area contributed by atoms with E-state index >= 15 is 0 Å². The smallest absolute Gasteiger partial charge is 0.137 e. The summed E-state index contributed by atoms with van der Waals surface area (Å²) >= 11 is 1.58. The largest absolute Gasteiger partial charge is 0.313 e. The van der Waals surface area contributed by atoms with Crippen LogP contribution >= 0.6 is 11.8 Å². The lowest BCUT2D eigenvalue weighted by atomic mass is 10.1. The van der Waals surface area contributed by atoms with E-state index in [1.165, 1.54) is 11.1 Å². The second-order valence-corrected chi connectivity index (χ2v) is 6.11. The SMILES string of the molecule is CCCNCc1cccc(F)c1SCc1ccccc1C. The summed E-state index contributed by atoms with van der Waals surface area (Å²) in [6.07, 6.45) is 1.08. The van der Waals surface area contributed by atoms with Gasteiger partial charge in [0.2, 0.25) is 0 Å². The fourth-order valence-corrected chi connectivity index (χ4v) is 3.33. The number of hydrogen-bond donors (Lipinski definition) is 1. The number of nitrogens with one attached hydrogen (secondary N) is 1. The van der Waals surface area contributed by atoms with E-state index in [1.54, 1.807) is 23.9 Å². The number of benzene rings is 2. The van der Waals surface area contributed by atoms with Crippen molar-refractivity contribution in [2.45, 2.75) is 37.5 Å². The van der Waals surface area contributed by atoms with Crippen LogP contribution in [-0.2, 0) is 12.3 Å². The van der Waals surface area contributed by atoms with Gasteiger partial charge in [-0.05, 0) is 42.6 Å². The lowest BCUT2D eigenvalue weighted by Crippen LogP contribution is -2.14. The average molecular weight is 303 g/mol. The first-order valence-corrected chi connectivity index (χ1v) is 8.36. The predicted octanol–water partition coefficient (Wildman–Crippen LogP) is 4.93. The Bertz CT molecular complexity index is 583. The summed E-state index contributed by atoms with van der Waals surface area (Å²) in [4.78, 5) is 0.768. The van der Waals surface area contributed by atoms with Crippen LogP contribution < -0.4 is 5.32 Å². The summed E-state index contributed by atoms with van der Waals surface area (Å²) < 4.78 is 14.1. The van der Waals surface area contributed by atoms with Crippen LogP contribution in [0.2, 0.25) is 0 Å². The molecule has 3 heteroatoms. The molecule has 21 heavy (non-hydrogen) atoms. The second-order valence-electron chi connectivity index (χ2n) is 5.12. The second kappa shape index (κ2) is 8.20. The lowest BCUT2D eigenvalue weighted by molar-refractivity contribution is 0.589. The summed E-state index contributed by atoms with van der Waals surface area (Å²) in [7, 11) is 0. The topological polar surface area (TPSA) is 12.0 Å². The van der Waals surface area contributed by atoms with Crippen LogP contribution in [0.3, 0.4) is 0 Å². The van der Waals surface area contributed by atoms with Crippen LogP contribution in [0.15, 0.2) is 47.4 Å². The molecule has 0 saturated heterocycles. The van der Waals surface area contributed by atoms with Crippen molar-refractivity contribution in [2.75, 3.05) is 6.54 Å². The van der Waals surface area contributed by atoms with Crippen LogP contribution in [0, 0.1) is 12.7 Å². The Labute approximate surface area is 131 Å². The monoisotopic (exact) mass is 303 g/mol. The van der Waals surface area contributed by atoms with Crippen molar-refractivity contribution in [3.8, 4) is 0 Å². The summed E-state index contributed by atoms with van der Waals surface area (Å²) in [6.45, 7) is 5.91. The Morgan fingerprint density at radius 3 is 2.57 bits per heavy atom. The third-order valence-electron chi connectivity index (χ3n) is 3.42. The molecule has 2 aromatic rings. The van der Waals surface area contributed by atoms with Crippen molar-refractivity contribution in [3.05, 3.63) is 65.0 Å². The van der Waals surface area contributed by atoms with Crippen molar-refractivity contribution in [2.24, 2.45) is 0 Å². The number of rotatable bonds is 7. The molecule has 0 amide bonds. The molecule has 0 radical (unpaired) electrons. The highest BCUT2D eigenvalue weighted by atomic mass is 32.2. The molecule has 0 bridgehead atoms. The predicted molar refractivity (Wildman–Crippen MR) is 89.1 cm³/mol. The molecule has 0 aliphatic carbocycles. The minimum atomic E-state index is -0.121. The molecule has 0 aromatic heterocycles. The van der Waals surface area contributed by atoms with E-state index in [9.17, 15) is 4.39 Å². The van der Waals surface area contributed by atoms with Crippen LogP contribution in [0.25, 0.3) is 0 Å². The molecule has 0 spiro atoms. The van der Waals surface area contributed by atoms with E-state index in [0.717, 1.165) is 35.7 Å². The quantitative estimate of drug-likeness (QED) is 0.575. The molecule has 0 atom stereocenters. The molecule has 0 heterocycles. The lowest BCUT2D eigenvalue weighted by Gasteiger charge is -2.12. The van der Waals surface area contributed by atoms with Gasteiger partial charge in [0.1, 0.15) is 5.82 Å². The van der Waals surface area contributed by atoms with Crippen LogP contribution in [-0.4, -0.2) is 6.54 Å². The van der Waals surface area contributed by atoms with Crippen molar-refractivity contribution >= 4 is 11.8 Å². The number of thioether (sulfide) groups is 1. The molecule has 112 valence electrons. The third kappa shape index (κ3) is 4.58. The molecular weight excluding hydrogens is 281 g/mol.